The fraction of sp³-hybridized carbons (Fsp3) is 0.125. The number of alkyl halides is 3. The summed E-state index contributed by atoms with van der Waals surface area (Å²) in [5, 5.41) is 7.00. The van der Waals surface area contributed by atoms with Gasteiger partial charge in [0.05, 0.1) is 0 Å². The summed E-state index contributed by atoms with van der Waals surface area (Å²) in [5.74, 6) is -0.536. The molecule has 0 bridgehead atoms. The predicted molar refractivity (Wildman–Crippen MR) is 44.1 cm³/mol. The zero-order chi connectivity index (χ0) is 10.8. The summed E-state index contributed by atoms with van der Waals surface area (Å²) in [7, 11) is 0. The Morgan fingerprint density at radius 1 is 1.21 bits per heavy atom. The van der Waals surface area contributed by atoms with Gasteiger partial charge < -0.3 is 10.5 Å². The van der Waals surface area contributed by atoms with Crippen molar-refractivity contribution >= 4 is 5.84 Å². The first kappa shape index (κ1) is 10.4. The predicted octanol–water partition coefficient (Wildman–Crippen LogP) is 1.87. The van der Waals surface area contributed by atoms with E-state index in [-0.39, 0.29) is 11.6 Å². The number of benzene rings is 1. The lowest BCUT2D eigenvalue weighted by molar-refractivity contribution is -0.274. The average molecular weight is 204 g/mol. The Labute approximate surface area is 77.8 Å². The summed E-state index contributed by atoms with van der Waals surface area (Å²) in [5.41, 5.74) is 5.46. The highest BCUT2D eigenvalue weighted by molar-refractivity contribution is 5.94. The van der Waals surface area contributed by atoms with Crippen LogP contribution in [0.5, 0.6) is 5.75 Å². The van der Waals surface area contributed by atoms with Crippen LogP contribution in [0.3, 0.4) is 0 Å². The van der Waals surface area contributed by atoms with Gasteiger partial charge in [0.1, 0.15) is 11.6 Å². The van der Waals surface area contributed by atoms with Crippen LogP contribution in [-0.4, -0.2) is 12.2 Å². The molecule has 0 aliphatic rings. The Hall–Kier alpha value is -1.72. The topological polar surface area (TPSA) is 59.1 Å². The van der Waals surface area contributed by atoms with Crippen molar-refractivity contribution in [1.82, 2.24) is 0 Å². The van der Waals surface area contributed by atoms with Crippen molar-refractivity contribution in [3.63, 3.8) is 0 Å². The summed E-state index contributed by atoms with van der Waals surface area (Å²) < 4.78 is 38.8. The van der Waals surface area contributed by atoms with Crippen LogP contribution >= 0.6 is 0 Å². The van der Waals surface area contributed by atoms with Crippen molar-refractivity contribution in [3.8, 4) is 5.75 Å². The maximum absolute atomic E-state index is 11.7. The van der Waals surface area contributed by atoms with E-state index in [1.54, 1.807) is 0 Å². The molecular formula is C8H7F3N2O. The molecule has 14 heavy (non-hydrogen) atoms. The van der Waals surface area contributed by atoms with Gasteiger partial charge in [0.15, 0.2) is 0 Å². The second-order valence-electron chi connectivity index (χ2n) is 2.49. The monoisotopic (exact) mass is 204 g/mol. The third-order valence-electron chi connectivity index (χ3n) is 1.40. The number of ether oxygens (including phenoxy) is 1. The van der Waals surface area contributed by atoms with Gasteiger partial charge in [-0.2, -0.15) is 0 Å². The Balaban J connectivity index is 2.79. The number of hydrogen-bond acceptors (Lipinski definition) is 2. The Morgan fingerprint density at radius 2 is 1.71 bits per heavy atom. The fourth-order valence-electron chi connectivity index (χ4n) is 0.836. The SMILES string of the molecule is N=C(N)c1ccc(OC(F)(F)F)cc1. The molecule has 0 amide bonds. The number of halogens is 3. The maximum atomic E-state index is 11.7. The van der Waals surface area contributed by atoms with Crippen LogP contribution in [0.4, 0.5) is 13.2 Å². The van der Waals surface area contributed by atoms with Gasteiger partial charge in [-0.15, -0.1) is 13.2 Å². The number of nitrogens with two attached hydrogens (primary N) is 1. The first-order chi connectivity index (χ1) is 6.38. The molecule has 3 N–H and O–H groups in total. The van der Waals surface area contributed by atoms with Crippen LogP contribution in [0.2, 0.25) is 0 Å². The Kier molecular flexibility index (Phi) is 2.64. The summed E-state index contributed by atoms with van der Waals surface area (Å²) in [4.78, 5) is 0. The van der Waals surface area contributed by atoms with Crippen LogP contribution in [0.25, 0.3) is 0 Å². The number of nitrogens with one attached hydrogen (secondary N) is 1. The van der Waals surface area contributed by atoms with Crippen molar-refractivity contribution in [2.45, 2.75) is 6.36 Å². The molecule has 0 fully saturated rings. The Bertz CT molecular complexity index is 331. The summed E-state index contributed by atoms with van der Waals surface area (Å²) in [6, 6.07) is 4.77. The smallest absolute Gasteiger partial charge is 0.406 e. The van der Waals surface area contributed by atoms with E-state index < -0.39 is 6.36 Å². The third-order valence-corrected chi connectivity index (χ3v) is 1.40. The fourth-order valence-corrected chi connectivity index (χ4v) is 0.836. The number of amidine groups is 1. The van der Waals surface area contributed by atoms with E-state index in [0.29, 0.717) is 5.56 Å². The van der Waals surface area contributed by atoms with Gasteiger partial charge in [0.2, 0.25) is 0 Å². The number of hydrogen-bond donors (Lipinski definition) is 2. The molecule has 6 heteroatoms. The lowest BCUT2D eigenvalue weighted by Gasteiger charge is -2.08. The molecule has 0 aromatic heterocycles. The molecule has 0 heterocycles. The van der Waals surface area contributed by atoms with E-state index in [2.05, 4.69) is 4.74 Å². The summed E-state index contributed by atoms with van der Waals surface area (Å²) in [6.45, 7) is 0. The zero-order valence-corrected chi connectivity index (χ0v) is 6.93. The second kappa shape index (κ2) is 3.57. The molecule has 1 aromatic carbocycles. The van der Waals surface area contributed by atoms with Gasteiger partial charge in [-0.25, -0.2) is 0 Å². The molecule has 76 valence electrons. The highest BCUT2D eigenvalue weighted by Gasteiger charge is 2.30. The van der Waals surface area contributed by atoms with E-state index in [1.165, 1.54) is 12.1 Å². The normalized spacial score (nSPS) is 11.1. The van der Waals surface area contributed by atoms with Gasteiger partial charge in [-0.05, 0) is 24.3 Å². The number of rotatable bonds is 2. The standard InChI is InChI=1S/C8H7F3N2O/c9-8(10,11)14-6-3-1-5(2-4-6)7(12)13/h1-4H,(H3,12,13). The zero-order valence-electron chi connectivity index (χ0n) is 6.93. The van der Waals surface area contributed by atoms with E-state index >= 15 is 0 Å². The molecule has 0 aliphatic heterocycles. The molecule has 0 aliphatic carbocycles. The van der Waals surface area contributed by atoms with Crippen LogP contribution in [0.15, 0.2) is 24.3 Å². The summed E-state index contributed by atoms with van der Waals surface area (Å²) in [6.07, 6.45) is -4.70. The molecule has 0 saturated carbocycles. The quantitative estimate of drug-likeness (QED) is 0.570. The van der Waals surface area contributed by atoms with Gasteiger partial charge in [0.25, 0.3) is 0 Å². The average Bonchev–Trinajstić information content (AvgIpc) is 2.02. The van der Waals surface area contributed by atoms with Crippen molar-refractivity contribution in [1.29, 1.82) is 5.41 Å². The minimum Gasteiger partial charge on any atom is -0.406 e. The van der Waals surface area contributed by atoms with Gasteiger partial charge in [-0.1, -0.05) is 0 Å². The lowest BCUT2D eigenvalue weighted by atomic mass is 10.2. The van der Waals surface area contributed by atoms with Crippen molar-refractivity contribution in [2.75, 3.05) is 0 Å². The molecule has 0 radical (unpaired) electrons. The molecule has 1 aromatic rings. The van der Waals surface area contributed by atoms with Gasteiger partial charge >= 0.3 is 6.36 Å². The first-order valence-corrected chi connectivity index (χ1v) is 3.59. The molecule has 0 saturated heterocycles. The largest absolute Gasteiger partial charge is 0.573 e. The van der Waals surface area contributed by atoms with Crippen LogP contribution < -0.4 is 10.5 Å². The molecule has 0 spiro atoms. The van der Waals surface area contributed by atoms with Crippen molar-refractivity contribution in [2.24, 2.45) is 5.73 Å². The summed E-state index contributed by atoms with van der Waals surface area (Å²) >= 11 is 0. The minimum atomic E-state index is -4.70. The highest BCUT2D eigenvalue weighted by Crippen LogP contribution is 2.22. The second-order valence-corrected chi connectivity index (χ2v) is 2.49. The van der Waals surface area contributed by atoms with Crippen LogP contribution in [0, 0.1) is 5.41 Å². The molecule has 1 rings (SSSR count). The Morgan fingerprint density at radius 3 is 2.07 bits per heavy atom. The maximum Gasteiger partial charge on any atom is 0.573 e. The lowest BCUT2D eigenvalue weighted by Crippen LogP contribution is -2.17. The van der Waals surface area contributed by atoms with Gasteiger partial charge in [-0.3, -0.25) is 5.41 Å². The van der Waals surface area contributed by atoms with E-state index in [1.807, 2.05) is 0 Å². The third kappa shape index (κ3) is 2.96. The van der Waals surface area contributed by atoms with Crippen LogP contribution in [-0.2, 0) is 0 Å². The molecule has 3 nitrogen and oxygen atoms in total. The van der Waals surface area contributed by atoms with E-state index in [4.69, 9.17) is 11.1 Å². The first-order valence-electron chi connectivity index (χ1n) is 3.59. The van der Waals surface area contributed by atoms with Crippen molar-refractivity contribution in [3.05, 3.63) is 29.8 Å². The van der Waals surface area contributed by atoms with Crippen LogP contribution in [0.1, 0.15) is 5.56 Å². The molecule has 0 unspecified atom stereocenters. The van der Waals surface area contributed by atoms with E-state index in [0.717, 1.165) is 12.1 Å². The minimum absolute atomic E-state index is 0.205. The van der Waals surface area contributed by atoms with Crippen molar-refractivity contribution < 1.29 is 17.9 Å². The number of nitrogen functional groups attached to an aromatic ring is 1. The molecule has 0 atom stereocenters. The van der Waals surface area contributed by atoms with Gasteiger partial charge in [0, 0.05) is 5.56 Å². The molecular weight excluding hydrogens is 197 g/mol. The highest BCUT2D eigenvalue weighted by atomic mass is 19.4. The van der Waals surface area contributed by atoms with E-state index in [9.17, 15) is 13.2 Å².